The maximum absolute atomic E-state index is 12.6. The van der Waals surface area contributed by atoms with Crippen LogP contribution in [-0.4, -0.2) is 40.9 Å². The van der Waals surface area contributed by atoms with E-state index in [4.69, 9.17) is 10.9 Å². The van der Waals surface area contributed by atoms with Crippen molar-refractivity contribution < 1.29 is 18.3 Å². The van der Waals surface area contributed by atoms with Gasteiger partial charge in [-0.25, -0.2) is 15.8 Å². The van der Waals surface area contributed by atoms with E-state index < -0.39 is 19.3 Å². The first-order valence-corrected chi connectivity index (χ1v) is 6.16. The number of aliphatic hydroxyl groups excluding tert-OH is 1. The van der Waals surface area contributed by atoms with Gasteiger partial charge in [-0.15, -0.1) is 0 Å². The van der Waals surface area contributed by atoms with Crippen molar-refractivity contribution in [3.8, 4) is 0 Å². The summed E-state index contributed by atoms with van der Waals surface area (Å²) in [6.07, 6.45) is -2.06. The van der Waals surface area contributed by atoms with Gasteiger partial charge in [-0.05, 0) is 6.42 Å². The monoisotopic (exact) mass is 293 g/mol. The van der Waals surface area contributed by atoms with Crippen LogP contribution in [0.15, 0.2) is 6.33 Å². The first kappa shape index (κ1) is 16.4. The maximum Gasteiger partial charge on any atom is 0.405 e. The Morgan fingerprint density at radius 3 is 2.60 bits per heavy atom. The summed E-state index contributed by atoms with van der Waals surface area (Å²) in [6.45, 7) is 0.122. The van der Waals surface area contributed by atoms with Crippen molar-refractivity contribution in [3.05, 3.63) is 11.9 Å². The minimum absolute atomic E-state index is 0.140. The molecule has 0 atom stereocenters. The number of hydrogen-bond acceptors (Lipinski definition) is 6. The van der Waals surface area contributed by atoms with Gasteiger partial charge in [0.15, 0.2) is 0 Å². The van der Waals surface area contributed by atoms with Gasteiger partial charge in [-0.2, -0.15) is 13.2 Å². The van der Waals surface area contributed by atoms with E-state index in [0.717, 1.165) is 11.2 Å². The third-order valence-corrected chi connectivity index (χ3v) is 2.60. The number of aliphatic hydroxyl groups is 1. The van der Waals surface area contributed by atoms with Gasteiger partial charge in [0.25, 0.3) is 0 Å². The van der Waals surface area contributed by atoms with Gasteiger partial charge >= 0.3 is 6.18 Å². The van der Waals surface area contributed by atoms with Crippen LogP contribution >= 0.6 is 0 Å². The molecule has 0 aliphatic rings. The lowest BCUT2D eigenvalue weighted by molar-refractivity contribution is -0.120. The molecule has 6 nitrogen and oxygen atoms in total. The molecule has 0 saturated carbocycles. The number of hydrogen-bond donors (Lipinski definition) is 3. The fourth-order valence-electron chi connectivity index (χ4n) is 1.88. The molecule has 0 aliphatic heterocycles. The van der Waals surface area contributed by atoms with Crippen molar-refractivity contribution in [1.29, 1.82) is 0 Å². The maximum atomic E-state index is 12.6. The molecule has 0 radical (unpaired) electrons. The number of hydrazine groups is 1. The molecule has 0 amide bonds. The molecule has 1 heterocycles. The standard InChI is InChI=1S/C11H18F3N5O/c1-2-3-8-9(18-15)16-7-17-10(8)19(4-5-20)6-11(12,13)14/h7,20H,2-6,15H2,1H3,(H,16,17,18). The highest BCUT2D eigenvalue weighted by Crippen LogP contribution is 2.27. The number of nitrogens with two attached hydrogens (primary N) is 1. The smallest absolute Gasteiger partial charge is 0.395 e. The molecule has 0 aliphatic carbocycles. The summed E-state index contributed by atoms with van der Waals surface area (Å²) in [4.78, 5) is 8.79. The number of halogens is 3. The second-order valence-corrected chi connectivity index (χ2v) is 4.18. The van der Waals surface area contributed by atoms with Gasteiger partial charge < -0.3 is 15.4 Å². The predicted octanol–water partition coefficient (Wildman–Crippen LogP) is 1.08. The zero-order chi connectivity index (χ0) is 15.2. The average Bonchev–Trinajstić information content (AvgIpc) is 2.37. The Morgan fingerprint density at radius 2 is 2.10 bits per heavy atom. The Kier molecular flexibility index (Phi) is 5.96. The number of alkyl halides is 3. The molecular weight excluding hydrogens is 275 g/mol. The molecule has 0 bridgehead atoms. The molecule has 20 heavy (non-hydrogen) atoms. The molecule has 0 saturated heterocycles. The molecule has 4 N–H and O–H groups in total. The van der Waals surface area contributed by atoms with Crippen molar-refractivity contribution in [2.45, 2.75) is 25.9 Å². The zero-order valence-electron chi connectivity index (χ0n) is 11.1. The van der Waals surface area contributed by atoms with E-state index in [1.807, 2.05) is 6.92 Å². The number of nitrogens with zero attached hydrogens (tertiary/aromatic N) is 3. The number of anilines is 2. The third kappa shape index (κ3) is 4.49. The Labute approximate surface area is 114 Å². The van der Waals surface area contributed by atoms with Crippen LogP contribution in [0.5, 0.6) is 0 Å². The second-order valence-electron chi connectivity index (χ2n) is 4.18. The number of nitrogen functional groups attached to an aromatic ring is 1. The zero-order valence-corrected chi connectivity index (χ0v) is 11.1. The topological polar surface area (TPSA) is 87.3 Å². The fourth-order valence-corrected chi connectivity index (χ4v) is 1.88. The van der Waals surface area contributed by atoms with Crippen molar-refractivity contribution in [1.82, 2.24) is 9.97 Å². The van der Waals surface area contributed by atoms with Gasteiger partial charge in [-0.3, -0.25) is 0 Å². The summed E-state index contributed by atoms with van der Waals surface area (Å²) in [5.74, 6) is 5.75. The summed E-state index contributed by atoms with van der Waals surface area (Å²) >= 11 is 0. The minimum Gasteiger partial charge on any atom is -0.395 e. The van der Waals surface area contributed by atoms with Crippen LogP contribution in [0.1, 0.15) is 18.9 Å². The van der Waals surface area contributed by atoms with Crippen LogP contribution in [-0.2, 0) is 6.42 Å². The lowest BCUT2D eigenvalue weighted by Gasteiger charge is -2.26. The van der Waals surface area contributed by atoms with Crippen LogP contribution in [0.3, 0.4) is 0 Å². The molecule has 1 aromatic rings. The molecular formula is C11H18F3N5O. The Morgan fingerprint density at radius 1 is 1.40 bits per heavy atom. The van der Waals surface area contributed by atoms with Crippen molar-refractivity contribution in [2.24, 2.45) is 5.84 Å². The van der Waals surface area contributed by atoms with Gasteiger partial charge in [-0.1, -0.05) is 13.3 Å². The second kappa shape index (κ2) is 7.25. The summed E-state index contributed by atoms with van der Waals surface area (Å²) in [5, 5.41) is 8.95. The van der Waals surface area contributed by atoms with Crippen LogP contribution in [0.25, 0.3) is 0 Å². The van der Waals surface area contributed by atoms with E-state index in [2.05, 4.69) is 15.4 Å². The summed E-state index contributed by atoms with van der Waals surface area (Å²) < 4.78 is 37.8. The van der Waals surface area contributed by atoms with Crippen molar-refractivity contribution in [3.63, 3.8) is 0 Å². The molecule has 0 aromatic carbocycles. The first-order chi connectivity index (χ1) is 9.42. The molecule has 1 rings (SSSR count). The number of nitrogens with one attached hydrogen (secondary N) is 1. The Balaban J connectivity index is 3.17. The Hall–Kier alpha value is -1.61. The minimum atomic E-state index is -4.39. The van der Waals surface area contributed by atoms with Gasteiger partial charge in [0.05, 0.1) is 6.61 Å². The molecule has 0 spiro atoms. The van der Waals surface area contributed by atoms with E-state index in [9.17, 15) is 13.2 Å². The molecule has 9 heteroatoms. The lowest BCUT2D eigenvalue weighted by Crippen LogP contribution is -2.37. The lowest BCUT2D eigenvalue weighted by atomic mass is 10.1. The number of aromatic nitrogens is 2. The summed E-state index contributed by atoms with van der Waals surface area (Å²) in [7, 11) is 0. The quantitative estimate of drug-likeness (QED) is 0.515. The summed E-state index contributed by atoms with van der Waals surface area (Å²) in [6, 6.07) is 0. The molecule has 0 unspecified atom stereocenters. The van der Waals surface area contributed by atoms with Crippen molar-refractivity contribution >= 4 is 11.6 Å². The predicted molar refractivity (Wildman–Crippen MR) is 69.2 cm³/mol. The summed E-state index contributed by atoms with van der Waals surface area (Å²) in [5.41, 5.74) is 2.87. The van der Waals surface area contributed by atoms with Gasteiger partial charge in [0.1, 0.15) is 24.5 Å². The first-order valence-electron chi connectivity index (χ1n) is 6.16. The number of rotatable bonds is 7. The highest BCUT2D eigenvalue weighted by Gasteiger charge is 2.32. The Bertz CT molecular complexity index is 427. The van der Waals surface area contributed by atoms with E-state index in [1.165, 1.54) is 0 Å². The molecule has 0 fully saturated rings. The van der Waals surface area contributed by atoms with Crippen LogP contribution in [0.4, 0.5) is 24.8 Å². The van der Waals surface area contributed by atoms with Gasteiger partial charge in [0.2, 0.25) is 0 Å². The van der Waals surface area contributed by atoms with Crippen LogP contribution in [0.2, 0.25) is 0 Å². The van der Waals surface area contributed by atoms with E-state index in [1.54, 1.807) is 0 Å². The normalized spacial score (nSPS) is 11.5. The third-order valence-electron chi connectivity index (χ3n) is 2.60. The van der Waals surface area contributed by atoms with Crippen LogP contribution < -0.4 is 16.2 Å². The van der Waals surface area contributed by atoms with E-state index in [0.29, 0.717) is 24.2 Å². The fraction of sp³-hybridized carbons (Fsp3) is 0.636. The highest BCUT2D eigenvalue weighted by molar-refractivity contribution is 5.58. The van der Waals surface area contributed by atoms with Crippen LogP contribution in [0, 0.1) is 0 Å². The SMILES string of the molecule is CCCc1c(NN)ncnc1N(CCO)CC(F)(F)F. The molecule has 1 aromatic heterocycles. The average molecular weight is 293 g/mol. The molecule has 114 valence electrons. The highest BCUT2D eigenvalue weighted by atomic mass is 19.4. The van der Waals surface area contributed by atoms with Crippen molar-refractivity contribution in [2.75, 3.05) is 30.0 Å². The van der Waals surface area contributed by atoms with Gasteiger partial charge in [0, 0.05) is 12.1 Å². The van der Waals surface area contributed by atoms with E-state index >= 15 is 0 Å². The largest absolute Gasteiger partial charge is 0.405 e. The van der Waals surface area contributed by atoms with E-state index in [-0.39, 0.29) is 12.4 Å².